The first kappa shape index (κ1) is 43.6. The first-order valence-electron chi connectivity index (χ1n) is 25.0. The fourth-order valence-corrected chi connectivity index (χ4v) is 12.8. The maximum atomic E-state index is 13.0. The fraction of sp³-hybridized carbons (Fsp3) is 0.177. The largest absolute Gasteiger partial charge is 0.333 e. The summed E-state index contributed by atoms with van der Waals surface area (Å²) in [5.41, 5.74) is 13.8. The SMILES string of the molecule is [2H]C(C)(C)c1cc(-c2[c-]cc(F)cc2)ncc1[Si](C)(C)C.[2H]C([2H])(c1ccccc1)c1ccc2c(n1)sc1c(-c3nc4c5ccccc5ccc4n3-c3cc4c(cc3C)-c3ccccc3C4(C)C)[c-]ccc12.[Ir]. The zero-order valence-electron chi connectivity index (χ0n) is 43.4. The van der Waals surface area contributed by atoms with Gasteiger partial charge in [-0.1, -0.05) is 161 Å². The molecule has 70 heavy (non-hydrogen) atoms. The summed E-state index contributed by atoms with van der Waals surface area (Å²) in [6, 6.07) is 56.4. The van der Waals surface area contributed by atoms with E-state index < -0.39 is 20.3 Å². The van der Waals surface area contributed by atoms with Gasteiger partial charge in [0.1, 0.15) is 4.83 Å². The van der Waals surface area contributed by atoms with Crippen LogP contribution in [0.4, 0.5) is 4.39 Å². The minimum atomic E-state index is -1.73. The average molecular weight is 1130 g/mol. The molecule has 0 unspecified atom stereocenters. The van der Waals surface area contributed by atoms with Crippen LogP contribution in [0, 0.1) is 24.9 Å². The number of fused-ring (bicyclic) bond motifs is 9. The Labute approximate surface area is 432 Å². The Kier molecular flexibility index (Phi) is 11.5. The van der Waals surface area contributed by atoms with Gasteiger partial charge in [0.2, 0.25) is 0 Å². The van der Waals surface area contributed by atoms with E-state index in [-0.39, 0.29) is 31.3 Å². The van der Waals surface area contributed by atoms with Crippen molar-refractivity contribution in [3.63, 3.8) is 0 Å². The van der Waals surface area contributed by atoms with Crippen molar-refractivity contribution < 1.29 is 28.6 Å². The summed E-state index contributed by atoms with van der Waals surface area (Å²) in [7, 11) is -1.57. The van der Waals surface area contributed by atoms with Gasteiger partial charge in [-0.3, -0.25) is 9.37 Å². The number of thiophene rings is 1. The molecule has 4 aromatic heterocycles. The van der Waals surface area contributed by atoms with E-state index in [0.29, 0.717) is 11.3 Å². The van der Waals surface area contributed by atoms with Gasteiger partial charge in [-0.05, 0) is 96.8 Å². The Morgan fingerprint density at radius 1 is 0.786 bits per heavy atom. The third kappa shape index (κ3) is 8.35. The molecule has 0 bridgehead atoms. The Morgan fingerprint density at radius 2 is 1.56 bits per heavy atom. The summed E-state index contributed by atoms with van der Waals surface area (Å²) < 4.78 is 42.7. The molecule has 0 atom stereocenters. The van der Waals surface area contributed by atoms with Gasteiger partial charge in [0.15, 0.2) is 0 Å². The van der Waals surface area contributed by atoms with E-state index in [4.69, 9.17) is 14.1 Å². The first-order valence-corrected chi connectivity index (χ1v) is 27.8. The van der Waals surface area contributed by atoms with E-state index in [2.05, 4.69) is 141 Å². The third-order valence-electron chi connectivity index (χ3n) is 13.6. The summed E-state index contributed by atoms with van der Waals surface area (Å²) in [6.45, 7) is 17.4. The number of hydrogen-bond acceptors (Lipinski definition) is 4. The van der Waals surface area contributed by atoms with Crippen LogP contribution in [0.3, 0.4) is 0 Å². The maximum Gasteiger partial charge on any atom is 0.114 e. The first-order chi connectivity index (χ1) is 34.3. The third-order valence-corrected chi connectivity index (χ3v) is 16.7. The molecule has 0 N–H and O–H groups in total. The van der Waals surface area contributed by atoms with Gasteiger partial charge in [0.25, 0.3) is 0 Å². The minimum Gasteiger partial charge on any atom is -0.333 e. The van der Waals surface area contributed by atoms with E-state index in [0.717, 1.165) is 76.0 Å². The Morgan fingerprint density at radius 3 is 2.33 bits per heavy atom. The molecule has 0 saturated heterocycles. The second-order valence-electron chi connectivity index (χ2n) is 19.8. The summed E-state index contributed by atoms with van der Waals surface area (Å²) in [4.78, 5) is 15.7. The number of rotatable bonds is 7. The smallest absolute Gasteiger partial charge is 0.114 e. The Bertz CT molecular complexity index is 3930. The van der Waals surface area contributed by atoms with Gasteiger partial charge in [0.05, 0.1) is 24.9 Å². The monoisotopic (exact) mass is 1130 g/mol. The molecule has 0 amide bonds. The molecule has 0 saturated carbocycles. The summed E-state index contributed by atoms with van der Waals surface area (Å²) >= 11 is 1.58. The Balaban J connectivity index is 0.000000235. The molecule has 1 radical (unpaired) electrons. The molecule has 349 valence electrons. The van der Waals surface area contributed by atoms with Crippen LogP contribution < -0.4 is 5.19 Å². The van der Waals surface area contributed by atoms with Crippen LogP contribution in [0.15, 0.2) is 158 Å². The van der Waals surface area contributed by atoms with Crippen molar-refractivity contribution >= 4 is 66.7 Å². The topological polar surface area (TPSA) is 43.6 Å². The number of aromatic nitrogens is 4. The van der Waals surface area contributed by atoms with Crippen LogP contribution >= 0.6 is 11.3 Å². The van der Waals surface area contributed by atoms with Gasteiger partial charge < -0.3 is 9.55 Å². The van der Waals surface area contributed by atoms with Crippen molar-refractivity contribution in [1.82, 2.24) is 19.5 Å². The van der Waals surface area contributed by atoms with Gasteiger partial charge >= 0.3 is 0 Å². The van der Waals surface area contributed by atoms with Crippen LogP contribution in [-0.2, 0) is 31.9 Å². The zero-order chi connectivity index (χ0) is 50.5. The number of pyridine rings is 2. The summed E-state index contributed by atoms with van der Waals surface area (Å²) in [5.74, 6) is -0.166. The molecule has 4 nitrogen and oxygen atoms in total. The van der Waals surface area contributed by atoms with E-state index in [1.807, 2.05) is 74.6 Å². The van der Waals surface area contributed by atoms with Crippen molar-refractivity contribution in [2.24, 2.45) is 0 Å². The second-order valence-corrected chi connectivity index (χ2v) is 25.8. The predicted octanol–water partition coefficient (Wildman–Crippen LogP) is 16.0. The zero-order valence-corrected chi connectivity index (χ0v) is 44.6. The molecule has 8 heteroatoms. The number of imidazole rings is 1. The van der Waals surface area contributed by atoms with Crippen LogP contribution in [-0.4, -0.2) is 27.6 Å². The van der Waals surface area contributed by atoms with Crippen LogP contribution in [0.2, 0.25) is 19.6 Å². The van der Waals surface area contributed by atoms with Gasteiger partial charge in [-0.2, -0.15) is 11.3 Å². The fourth-order valence-electron chi connectivity index (χ4n) is 10.0. The van der Waals surface area contributed by atoms with Crippen molar-refractivity contribution in [3.8, 4) is 39.5 Å². The number of aryl methyl sites for hydroxylation is 1. The molecule has 4 heterocycles. The molecule has 7 aromatic carbocycles. The maximum absolute atomic E-state index is 13.0. The van der Waals surface area contributed by atoms with Crippen molar-refractivity contribution in [3.05, 3.63) is 209 Å². The summed E-state index contributed by atoms with van der Waals surface area (Å²) in [6.07, 6.45) is 0.165. The van der Waals surface area contributed by atoms with Crippen molar-refractivity contribution in [2.75, 3.05) is 0 Å². The molecule has 0 spiro atoms. The van der Waals surface area contributed by atoms with E-state index in [1.54, 1.807) is 17.4 Å². The standard InChI is InChI=1S/C45H32N3S.C17H21FNSi.Ir/c1-27-24-36-32-16-9-10-19-37(32)45(2,3)38(36)26-40(27)48-39-23-20-29-14-7-8-15-31(29)41(39)47-43(48)35-18-11-17-33-34-22-21-30(46-44(34)49-42(33)35)25-28-12-5-4-6-13-28;1-12(2)15-10-16(13-6-8-14(18)9-7-13)19-11-17(15)20(3,4)5;/h4-17,19-24,26H,25H2,1-3H3;6,8-12H,1-5H3;/q2*-1;/i25D2;12D;. The van der Waals surface area contributed by atoms with E-state index in [9.17, 15) is 4.39 Å². The number of nitrogens with zero attached hydrogens (tertiary/aromatic N) is 4. The molecule has 1 aliphatic rings. The number of benzene rings is 7. The van der Waals surface area contributed by atoms with Crippen molar-refractivity contribution in [2.45, 2.75) is 71.9 Å². The molecular formula is C62H53FIrN4SSi-2. The van der Waals surface area contributed by atoms with E-state index in [1.165, 1.54) is 45.1 Å². The van der Waals surface area contributed by atoms with E-state index >= 15 is 0 Å². The van der Waals surface area contributed by atoms with Gasteiger partial charge in [-0.25, -0.2) is 4.98 Å². The molecular weight excluding hydrogens is 1070 g/mol. The van der Waals surface area contributed by atoms with Crippen LogP contribution in [0.25, 0.3) is 81.6 Å². The predicted molar refractivity (Wildman–Crippen MR) is 291 cm³/mol. The quantitative estimate of drug-likeness (QED) is 0.118. The number of halogens is 1. The molecule has 0 fully saturated rings. The van der Waals surface area contributed by atoms with Crippen molar-refractivity contribution in [1.29, 1.82) is 0 Å². The molecule has 12 rings (SSSR count). The summed E-state index contributed by atoms with van der Waals surface area (Å²) in [5, 5.41) is 5.53. The van der Waals surface area contributed by atoms with Crippen LogP contribution in [0.5, 0.6) is 0 Å². The minimum absolute atomic E-state index is 0. The molecule has 11 aromatic rings. The normalized spacial score (nSPS) is 13.8. The van der Waals surface area contributed by atoms with Crippen LogP contribution in [0.1, 0.15) is 71.2 Å². The van der Waals surface area contributed by atoms with Gasteiger partial charge in [-0.15, -0.1) is 48.0 Å². The Hall–Kier alpha value is -6.41. The molecule has 1 aliphatic carbocycles. The number of hydrogen-bond donors (Lipinski definition) is 0. The van der Waals surface area contributed by atoms with Gasteiger partial charge in [0, 0.05) is 64.8 Å². The molecule has 0 aliphatic heterocycles. The average Bonchev–Trinajstić information content (AvgIpc) is 4.01. The second kappa shape index (κ2) is 18.4.